The Bertz CT molecular complexity index is 685. The van der Waals surface area contributed by atoms with Gasteiger partial charge in [-0.25, -0.2) is 0 Å². The molecule has 0 aliphatic carbocycles. The molecule has 0 spiro atoms. The van der Waals surface area contributed by atoms with Crippen molar-refractivity contribution in [2.45, 2.75) is 38.3 Å². The number of carbonyl (C=O) groups is 2. The maximum atomic E-state index is 12.5. The predicted molar refractivity (Wildman–Crippen MR) is 108 cm³/mol. The lowest BCUT2D eigenvalue weighted by molar-refractivity contribution is -0.384. The van der Waals surface area contributed by atoms with Crippen LogP contribution in [0.2, 0.25) is 0 Å². The lowest BCUT2D eigenvalue weighted by Gasteiger charge is -2.28. The fourth-order valence-electron chi connectivity index (χ4n) is 3.35. The molecule has 10 heteroatoms. The van der Waals surface area contributed by atoms with Crippen LogP contribution in [0, 0.1) is 10.1 Å². The second-order valence-corrected chi connectivity index (χ2v) is 6.90. The van der Waals surface area contributed by atoms with Gasteiger partial charge in [0.15, 0.2) is 0 Å². The zero-order valence-electron chi connectivity index (χ0n) is 16.0. The van der Waals surface area contributed by atoms with E-state index in [0.717, 1.165) is 25.8 Å². The van der Waals surface area contributed by atoms with Crippen molar-refractivity contribution >= 4 is 35.7 Å². The SMILES string of the molecule is CC(C(=O)Nc1ccc([N+](=O)[O-])cc1)N1CCCC(N(C)CC(=O)O)CC1.Cl. The van der Waals surface area contributed by atoms with Gasteiger partial charge in [0.1, 0.15) is 0 Å². The van der Waals surface area contributed by atoms with E-state index in [4.69, 9.17) is 5.11 Å². The first-order valence-corrected chi connectivity index (χ1v) is 8.99. The minimum absolute atomic E-state index is 0. The average molecular weight is 415 g/mol. The van der Waals surface area contributed by atoms with E-state index < -0.39 is 10.9 Å². The number of hydrogen-bond donors (Lipinski definition) is 2. The summed E-state index contributed by atoms with van der Waals surface area (Å²) in [5.74, 6) is -1.00. The lowest BCUT2D eigenvalue weighted by atomic mass is 10.1. The van der Waals surface area contributed by atoms with Crippen LogP contribution in [0.1, 0.15) is 26.2 Å². The molecule has 1 aromatic rings. The molecule has 2 unspecified atom stereocenters. The second-order valence-electron chi connectivity index (χ2n) is 6.90. The largest absolute Gasteiger partial charge is 0.480 e. The van der Waals surface area contributed by atoms with Gasteiger partial charge in [-0.3, -0.25) is 29.5 Å². The molecule has 0 bridgehead atoms. The number of nitrogens with zero attached hydrogens (tertiary/aromatic N) is 3. The smallest absolute Gasteiger partial charge is 0.317 e. The highest BCUT2D eigenvalue weighted by Gasteiger charge is 2.27. The van der Waals surface area contributed by atoms with Crippen molar-refractivity contribution in [1.29, 1.82) is 0 Å². The van der Waals surface area contributed by atoms with Crippen LogP contribution in [0.5, 0.6) is 0 Å². The number of nitro groups is 1. The average Bonchev–Trinajstić information content (AvgIpc) is 2.87. The minimum Gasteiger partial charge on any atom is -0.480 e. The maximum Gasteiger partial charge on any atom is 0.317 e. The standard InChI is InChI=1S/C18H26N4O5.ClH/c1-13(18(25)19-14-5-7-16(8-6-14)22(26)27)21-10-3-4-15(9-11-21)20(2)12-17(23)24;/h5-8,13,15H,3-4,9-12H2,1-2H3,(H,19,25)(H,23,24);1H. The molecule has 2 atom stereocenters. The fraction of sp³-hybridized carbons (Fsp3) is 0.556. The summed E-state index contributed by atoms with van der Waals surface area (Å²) in [6, 6.07) is 5.59. The van der Waals surface area contributed by atoms with Crippen molar-refractivity contribution in [2.24, 2.45) is 0 Å². The Balaban J connectivity index is 0.00000392. The number of likely N-dealkylation sites (N-methyl/N-ethyl adjacent to an activating group) is 1. The molecule has 28 heavy (non-hydrogen) atoms. The Morgan fingerprint density at radius 3 is 2.54 bits per heavy atom. The minimum atomic E-state index is -0.838. The molecular formula is C18H27ClN4O5. The molecule has 0 radical (unpaired) electrons. The van der Waals surface area contributed by atoms with E-state index >= 15 is 0 Å². The highest BCUT2D eigenvalue weighted by Crippen LogP contribution is 2.19. The highest BCUT2D eigenvalue weighted by molar-refractivity contribution is 5.94. The number of carboxylic acid groups (broad SMARTS) is 1. The van der Waals surface area contributed by atoms with Crippen LogP contribution < -0.4 is 5.32 Å². The van der Waals surface area contributed by atoms with E-state index in [1.165, 1.54) is 24.3 Å². The number of hydrogen-bond acceptors (Lipinski definition) is 6. The van der Waals surface area contributed by atoms with Crippen LogP contribution in [-0.4, -0.2) is 70.5 Å². The van der Waals surface area contributed by atoms with Crippen molar-refractivity contribution in [3.8, 4) is 0 Å². The molecular weight excluding hydrogens is 388 g/mol. The number of likely N-dealkylation sites (tertiary alicyclic amines) is 1. The van der Waals surface area contributed by atoms with Crippen molar-refractivity contribution in [3.63, 3.8) is 0 Å². The van der Waals surface area contributed by atoms with Crippen molar-refractivity contribution < 1.29 is 19.6 Å². The van der Waals surface area contributed by atoms with Crippen LogP contribution in [0.25, 0.3) is 0 Å². The van der Waals surface area contributed by atoms with Crippen molar-refractivity contribution in [3.05, 3.63) is 34.4 Å². The second kappa shape index (κ2) is 10.9. The number of amides is 1. The molecule has 1 amide bonds. The van der Waals surface area contributed by atoms with E-state index in [9.17, 15) is 19.7 Å². The summed E-state index contributed by atoms with van der Waals surface area (Å²) in [5, 5.41) is 22.4. The van der Waals surface area contributed by atoms with E-state index in [0.29, 0.717) is 12.2 Å². The fourth-order valence-corrected chi connectivity index (χ4v) is 3.35. The van der Waals surface area contributed by atoms with Gasteiger partial charge in [0, 0.05) is 30.4 Å². The Labute approximate surface area is 170 Å². The summed E-state index contributed by atoms with van der Waals surface area (Å²) < 4.78 is 0. The van der Waals surface area contributed by atoms with E-state index in [1.807, 2.05) is 18.9 Å². The number of aliphatic carboxylic acids is 1. The monoisotopic (exact) mass is 414 g/mol. The number of carboxylic acids is 1. The third kappa shape index (κ3) is 6.74. The summed E-state index contributed by atoms with van der Waals surface area (Å²) >= 11 is 0. The first-order chi connectivity index (χ1) is 12.8. The highest BCUT2D eigenvalue weighted by atomic mass is 35.5. The Hall–Kier alpha value is -2.23. The molecule has 2 N–H and O–H groups in total. The molecule has 9 nitrogen and oxygen atoms in total. The Morgan fingerprint density at radius 1 is 1.32 bits per heavy atom. The third-order valence-electron chi connectivity index (χ3n) is 5.01. The number of anilines is 1. The summed E-state index contributed by atoms with van der Waals surface area (Å²) in [4.78, 5) is 37.6. The molecule has 1 aliphatic rings. The van der Waals surface area contributed by atoms with Crippen molar-refractivity contribution in [1.82, 2.24) is 9.80 Å². The zero-order valence-corrected chi connectivity index (χ0v) is 16.9. The van der Waals surface area contributed by atoms with E-state index in [-0.39, 0.29) is 42.6 Å². The number of carbonyl (C=O) groups excluding carboxylic acids is 1. The van der Waals surface area contributed by atoms with Gasteiger partial charge in [-0.1, -0.05) is 0 Å². The molecule has 1 fully saturated rings. The molecule has 1 aliphatic heterocycles. The Kier molecular flexibility index (Phi) is 9.30. The van der Waals surface area contributed by atoms with Crippen LogP contribution in [-0.2, 0) is 9.59 Å². The molecule has 1 saturated heterocycles. The first-order valence-electron chi connectivity index (χ1n) is 8.99. The van der Waals surface area contributed by atoms with Crippen LogP contribution >= 0.6 is 12.4 Å². The lowest BCUT2D eigenvalue weighted by Crippen LogP contribution is -2.43. The molecule has 0 aromatic heterocycles. The van der Waals surface area contributed by atoms with Crippen LogP contribution in [0.15, 0.2) is 24.3 Å². The van der Waals surface area contributed by atoms with Gasteiger partial charge in [0.25, 0.3) is 5.69 Å². The van der Waals surface area contributed by atoms with Crippen molar-refractivity contribution in [2.75, 3.05) is 32.0 Å². The molecule has 1 aromatic carbocycles. The number of benzene rings is 1. The number of halogens is 1. The van der Waals surface area contributed by atoms with Gasteiger partial charge in [0.2, 0.25) is 5.91 Å². The molecule has 1 heterocycles. The summed E-state index contributed by atoms with van der Waals surface area (Å²) in [6.45, 7) is 3.33. The summed E-state index contributed by atoms with van der Waals surface area (Å²) in [6.07, 6.45) is 2.60. The topological polar surface area (TPSA) is 116 Å². The predicted octanol–water partition coefficient (Wildman–Crippen LogP) is 2.21. The zero-order chi connectivity index (χ0) is 20.0. The van der Waals surface area contributed by atoms with Gasteiger partial charge < -0.3 is 10.4 Å². The summed E-state index contributed by atoms with van der Waals surface area (Å²) in [5.41, 5.74) is 0.497. The third-order valence-corrected chi connectivity index (χ3v) is 5.01. The van der Waals surface area contributed by atoms with E-state index in [2.05, 4.69) is 10.2 Å². The molecule has 0 saturated carbocycles. The van der Waals surface area contributed by atoms with Gasteiger partial charge in [-0.15, -0.1) is 12.4 Å². The van der Waals surface area contributed by atoms with Gasteiger partial charge >= 0.3 is 5.97 Å². The summed E-state index contributed by atoms with van der Waals surface area (Å²) in [7, 11) is 1.82. The van der Waals surface area contributed by atoms with Crippen LogP contribution in [0.4, 0.5) is 11.4 Å². The normalized spacial score (nSPS) is 18.6. The van der Waals surface area contributed by atoms with Gasteiger partial charge in [-0.2, -0.15) is 0 Å². The number of nitro benzene ring substituents is 1. The van der Waals surface area contributed by atoms with E-state index in [1.54, 1.807) is 0 Å². The molecule has 2 rings (SSSR count). The number of non-ortho nitro benzene ring substituents is 1. The van der Waals surface area contributed by atoms with Gasteiger partial charge in [0.05, 0.1) is 17.5 Å². The first kappa shape index (κ1) is 23.8. The van der Waals surface area contributed by atoms with Gasteiger partial charge in [-0.05, 0) is 51.9 Å². The molecule has 156 valence electrons. The van der Waals surface area contributed by atoms with Crippen LogP contribution in [0.3, 0.4) is 0 Å². The Morgan fingerprint density at radius 2 is 1.96 bits per heavy atom. The quantitative estimate of drug-likeness (QED) is 0.519. The number of rotatable bonds is 7. The maximum absolute atomic E-state index is 12.5. The number of nitrogens with one attached hydrogen (secondary N) is 1.